The first-order valence-electron chi connectivity index (χ1n) is 4.07. The number of hydrogen-bond acceptors (Lipinski definition) is 2. The van der Waals surface area contributed by atoms with Gasteiger partial charge >= 0.3 is 10.2 Å². The van der Waals surface area contributed by atoms with E-state index in [9.17, 15) is 16.7 Å². The lowest BCUT2D eigenvalue weighted by Gasteiger charge is -2.05. The molecule has 0 aliphatic rings. The van der Waals surface area contributed by atoms with Gasteiger partial charge in [0, 0.05) is 0 Å². The quantitative estimate of drug-likeness (QED) is 0.731. The SMILES string of the molecule is CC(Cc1ccc(F)cc1)S(=O)(=O)F. The molecule has 1 unspecified atom stereocenters. The van der Waals surface area contributed by atoms with Gasteiger partial charge in [-0.15, -0.1) is 3.89 Å². The van der Waals surface area contributed by atoms with Gasteiger partial charge in [0.25, 0.3) is 0 Å². The second kappa shape index (κ2) is 4.04. The van der Waals surface area contributed by atoms with E-state index in [-0.39, 0.29) is 6.42 Å². The van der Waals surface area contributed by atoms with E-state index in [1.807, 2.05) is 0 Å². The minimum atomic E-state index is -4.50. The van der Waals surface area contributed by atoms with E-state index >= 15 is 0 Å². The van der Waals surface area contributed by atoms with Crippen LogP contribution in [0.15, 0.2) is 24.3 Å². The van der Waals surface area contributed by atoms with Crippen molar-refractivity contribution in [2.75, 3.05) is 0 Å². The van der Waals surface area contributed by atoms with Gasteiger partial charge in [-0.3, -0.25) is 0 Å². The van der Waals surface area contributed by atoms with Crippen LogP contribution in [-0.4, -0.2) is 13.7 Å². The summed E-state index contributed by atoms with van der Waals surface area (Å²) < 4.78 is 45.8. The first-order chi connectivity index (χ1) is 6.39. The van der Waals surface area contributed by atoms with Gasteiger partial charge in [0.05, 0.1) is 5.25 Å². The minimum Gasteiger partial charge on any atom is -0.207 e. The predicted octanol–water partition coefficient (Wildman–Crippen LogP) is 2.06. The van der Waals surface area contributed by atoms with E-state index in [0.29, 0.717) is 5.56 Å². The normalized spacial score (nSPS) is 13.9. The van der Waals surface area contributed by atoms with Gasteiger partial charge in [0.2, 0.25) is 0 Å². The van der Waals surface area contributed by atoms with Gasteiger partial charge in [0.15, 0.2) is 0 Å². The van der Waals surface area contributed by atoms with Crippen molar-refractivity contribution in [3.05, 3.63) is 35.6 Å². The highest BCUT2D eigenvalue weighted by Gasteiger charge is 2.19. The average Bonchev–Trinajstić information content (AvgIpc) is 2.07. The van der Waals surface area contributed by atoms with Crippen molar-refractivity contribution in [1.29, 1.82) is 0 Å². The van der Waals surface area contributed by atoms with Crippen LogP contribution in [0.4, 0.5) is 8.28 Å². The van der Waals surface area contributed by atoms with E-state index in [4.69, 9.17) is 0 Å². The fraction of sp³-hybridized carbons (Fsp3) is 0.333. The fourth-order valence-electron chi connectivity index (χ4n) is 1.05. The zero-order valence-corrected chi connectivity index (χ0v) is 8.39. The van der Waals surface area contributed by atoms with E-state index in [0.717, 1.165) is 0 Å². The summed E-state index contributed by atoms with van der Waals surface area (Å²) >= 11 is 0. The van der Waals surface area contributed by atoms with Gasteiger partial charge < -0.3 is 0 Å². The summed E-state index contributed by atoms with van der Waals surface area (Å²) in [6, 6.07) is 5.31. The molecule has 5 heteroatoms. The molecule has 0 saturated carbocycles. The maximum Gasteiger partial charge on any atom is 0.305 e. The lowest BCUT2D eigenvalue weighted by Crippen LogP contribution is -2.15. The number of benzene rings is 1. The Morgan fingerprint density at radius 2 is 1.79 bits per heavy atom. The molecule has 0 N–H and O–H groups in total. The Morgan fingerprint density at radius 1 is 1.29 bits per heavy atom. The molecule has 0 aromatic heterocycles. The Bertz CT molecular complexity index is 397. The molecule has 0 spiro atoms. The van der Waals surface area contributed by atoms with Crippen LogP contribution >= 0.6 is 0 Å². The Morgan fingerprint density at radius 3 is 2.21 bits per heavy atom. The Kier molecular flexibility index (Phi) is 3.21. The Hall–Kier alpha value is -0.970. The summed E-state index contributed by atoms with van der Waals surface area (Å²) in [4.78, 5) is 0. The molecular weight excluding hydrogens is 210 g/mol. The summed E-state index contributed by atoms with van der Waals surface area (Å²) in [5, 5.41) is -1.09. The number of halogens is 2. The monoisotopic (exact) mass is 220 g/mol. The molecule has 1 rings (SSSR count). The van der Waals surface area contributed by atoms with Crippen molar-refractivity contribution in [3.63, 3.8) is 0 Å². The molecule has 78 valence electrons. The van der Waals surface area contributed by atoms with Crippen LogP contribution in [-0.2, 0) is 16.6 Å². The molecule has 0 radical (unpaired) electrons. The Labute approximate surface area is 81.8 Å². The third-order valence-corrected chi connectivity index (χ3v) is 3.04. The smallest absolute Gasteiger partial charge is 0.207 e. The van der Waals surface area contributed by atoms with Crippen LogP contribution < -0.4 is 0 Å². The molecule has 0 aliphatic carbocycles. The standard InChI is InChI=1S/C9H10F2O2S/c1-7(14(11,12)13)6-8-2-4-9(10)5-3-8/h2-5,7H,6H2,1H3. The highest BCUT2D eigenvalue weighted by molar-refractivity contribution is 7.86. The molecule has 1 aromatic carbocycles. The topological polar surface area (TPSA) is 34.1 Å². The molecule has 0 aliphatic heterocycles. The van der Waals surface area contributed by atoms with Crippen molar-refractivity contribution >= 4 is 10.2 Å². The second-order valence-electron chi connectivity index (χ2n) is 3.12. The van der Waals surface area contributed by atoms with Gasteiger partial charge in [-0.2, -0.15) is 8.42 Å². The van der Waals surface area contributed by atoms with Crippen molar-refractivity contribution in [2.45, 2.75) is 18.6 Å². The van der Waals surface area contributed by atoms with E-state index in [1.54, 1.807) is 0 Å². The van der Waals surface area contributed by atoms with E-state index < -0.39 is 21.3 Å². The molecule has 1 aromatic rings. The average molecular weight is 220 g/mol. The number of rotatable bonds is 3. The van der Waals surface area contributed by atoms with Gasteiger partial charge in [-0.1, -0.05) is 12.1 Å². The molecular formula is C9H10F2O2S. The summed E-state index contributed by atoms with van der Waals surface area (Å²) in [6.45, 7) is 1.28. The van der Waals surface area contributed by atoms with Gasteiger partial charge in [0.1, 0.15) is 5.82 Å². The van der Waals surface area contributed by atoms with E-state index in [1.165, 1.54) is 31.2 Å². The fourth-order valence-corrected chi connectivity index (χ4v) is 1.44. The van der Waals surface area contributed by atoms with Crippen molar-refractivity contribution in [3.8, 4) is 0 Å². The molecule has 14 heavy (non-hydrogen) atoms. The largest absolute Gasteiger partial charge is 0.305 e. The molecule has 0 bridgehead atoms. The number of hydrogen-bond donors (Lipinski definition) is 0. The zero-order chi connectivity index (χ0) is 10.8. The van der Waals surface area contributed by atoms with Crippen LogP contribution in [0.25, 0.3) is 0 Å². The molecule has 1 atom stereocenters. The zero-order valence-electron chi connectivity index (χ0n) is 7.57. The summed E-state index contributed by atoms with van der Waals surface area (Å²) in [7, 11) is -4.50. The third kappa shape index (κ3) is 3.06. The van der Waals surface area contributed by atoms with Crippen LogP contribution in [0.3, 0.4) is 0 Å². The lowest BCUT2D eigenvalue weighted by atomic mass is 10.1. The highest BCUT2D eigenvalue weighted by Crippen LogP contribution is 2.11. The second-order valence-corrected chi connectivity index (χ2v) is 4.87. The van der Waals surface area contributed by atoms with Crippen molar-refractivity contribution in [2.24, 2.45) is 0 Å². The first kappa shape index (κ1) is 11.1. The maximum atomic E-state index is 12.5. The summed E-state index contributed by atoms with van der Waals surface area (Å²) in [5.41, 5.74) is 0.597. The molecule has 0 saturated heterocycles. The van der Waals surface area contributed by atoms with Gasteiger partial charge in [-0.05, 0) is 31.0 Å². The van der Waals surface area contributed by atoms with Crippen LogP contribution in [0.5, 0.6) is 0 Å². The van der Waals surface area contributed by atoms with Gasteiger partial charge in [-0.25, -0.2) is 4.39 Å². The van der Waals surface area contributed by atoms with E-state index in [2.05, 4.69) is 0 Å². The van der Waals surface area contributed by atoms with Crippen LogP contribution in [0.2, 0.25) is 0 Å². The van der Waals surface area contributed by atoms with Crippen molar-refractivity contribution < 1.29 is 16.7 Å². The molecule has 0 amide bonds. The highest BCUT2D eigenvalue weighted by atomic mass is 32.3. The molecule has 0 heterocycles. The Balaban J connectivity index is 2.75. The third-order valence-electron chi connectivity index (χ3n) is 1.92. The van der Waals surface area contributed by atoms with Crippen LogP contribution in [0, 0.1) is 5.82 Å². The minimum absolute atomic E-state index is 0.0547. The van der Waals surface area contributed by atoms with Crippen LogP contribution in [0.1, 0.15) is 12.5 Å². The predicted molar refractivity (Wildman–Crippen MR) is 49.6 cm³/mol. The summed E-state index contributed by atoms with van der Waals surface area (Å²) in [5.74, 6) is -0.399. The van der Waals surface area contributed by atoms with Crippen molar-refractivity contribution in [1.82, 2.24) is 0 Å². The molecule has 0 fully saturated rings. The first-order valence-corrected chi connectivity index (χ1v) is 5.52. The molecule has 2 nitrogen and oxygen atoms in total. The maximum absolute atomic E-state index is 12.5. The lowest BCUT2D eigenvalue weighted by molar-refractivity contribution is 0.537. The summed E-state index contributed by atoms with van der Waals surface area (Å²) in [6.07, 6.45) is 0.0547.